The lowest BCUT2D eigenvalue weighted by Crippen LogP contribution is -1.80. The third-order valence-corrected chi connectivity index (χ3v) is 4.78. The highest BCUT2D eigenvalue weighted by Gasteiger charge is 2.02. The van der Waals surface area contributed by atoms with Crippen molar-refractivity contribution >= 4 is 74.9 Å². The molecule has 28 heavy (non-hydrogen) atoms. The van der Waals surface area contributed by atoms with Crippen LogP contribution in [-0.4, -0.2) is 0 Å². The molecule has 2 aromatic carbocycles. The minimum atomic E-state index is 0.776. The summed E-state index contributed by atoms with van der Waals surface area (Å²) in [5, 5.41) is 0. The van der Waals surface area contributed by atoms with Crippen LogP contribution in [0.3, 0.4) is 0 Å². The Kier molecular flexibility index (Phi) is 10.0. The number of hydrogen-bond acceptors (Lipinski definition) is 0. The second kappa shape index (κ2) is 12.5. The van der Waals surface area contributed by atoms with Gasteiger partial charge in [0.2, 0.25) is 0 Å². The molecule has 0 bridgehead atoms. The van der Waals surface area contributed by atoms with Gasteiger partial charge in [-0.25, -0.2) is 0 Å². The van der Waals surface area contributed by atoms with E-state index in [2.05, 4.69) is 111 Å². The number of rotatable bonds is 2. The highest BCUT2D eigenvalue weighted by molar-refractivity contribution is 9.28. The molecule has 0 radical (unpaired) electrons. The van der Waals surface area contributed by atoms with Gasteiger partial charge in [-0.15, -0.1) is 0 Å². The predicted molar refractivity (Wildman–Crippen MR) is 134 cm³/mol. The SMILES string of the molecule is BrC(Br)=C(C#CC#CC#CC#CC(=C(Br)Br)c1ccccc1)c1ccccc1. The summed E-state index contributed by atoms with van der Waals surface area (Å²) in [5.41, 5.74) is 3.64. The summed E-state index contributed by atoms with van der Waals surface area (Å²) in [4.78, 5) is 0. The van der Waals surface area contributed by atoms with Gasteiger partial charge in [0.15, 0.2) is 0 Å². The zero-order valence-corrected chi connectivity index (χ0v) is 20.6. The molecule has 0 saturated heterocycles. The Hall–Kier alpha value is -1.92. The van der Waals surface area contributed by atoms with Crippen molar-refractivity contribution < 1.29 is 0 Å². The molecule has 0 heterocycles. The Labute approximate surface area is 199 Å². The molecule has 0 unspecified atom stereocenters. The lowest BCUT2D eigenvalue weighted by atomic mass is 10.1. The van der Waals surface area contributed by atoms with Crippen LogP contribution in [0.1, 0.15) is 11.1 Å². The Balaban J connectivity index is 2.11. The maximum atomic E-state index is 3.41. The molecule has 0 spiro atoms. The third-order valence-electron chi connectivity index (χ3n) is 3.19. The quantitative estimate of drug-likeness (QED) is 0.310. The number of allylic oxidation sites excluding steroid dienone is 2. The van der Waals surface area contributed by atoms with Crippen LogP contribution < -0.4 is 0 Å². The summed E-state index contributed by atoms with van der Waals surface area (Å²) >= 11 is 13.7. The van der Waals surface area contributed by atoms with Crippen LogP contribution in [0, 0.1) is 47.4 Å². The van der Waals surface area contributed by atoms with Gasteiger partial charge in [0.05, 0.1) is 17.9 Å². The van der Waals surface area contributed by atoms with E-state index >= 15 is 0 Å². The molecule has 134 valence electrons. The molecule has 0 aliphatic carbocycles. The van der Waals surface area contributed by atoms with Gasteiger partial charge in [0.25, 0.3) is 0 Å². The first-order valence-electron chi connectivity index (χ1n) is 7.83. The van der Waals surface area contributed by atoms with Crippen LogP contribution in [-0.2, 0) is 0 Å². The van der Waals surface area contributed by atoms with E-state index in [1.807, 2.05) is 60.7 Å². The Morgan fingerprint density at radius 1 is 0.464 bits per heavy atom. The standard InChI is InChI=1S/C24H10Br4/c25-23(26)21(19-13-7-5-8-14-19)17-11-3-1-2-4-12-18-22(24(27)28)20-15-9-6-10-16-20/h5-10,13-16H. The summed E-state index contributed by atoms with van der Waals surface area (Å²) < 4.78 is 1.55. The molecular formula is C24H10Br4. The van der Waals surface area contributed by atoms with E-state index < -0.39 is 0 Å². The van der Waals surface area contributed by atoms with Gasteiger partial charge in [-0.05, 0) is 110 Å². The second-order valence-corrected chi connectivity index (χ2v) is 10.3. The van der Waals surface area contributed by atoms with Crippen LogP contribution in [0.25, 0.3) is 11.1 Å². The Morgan fingerprint density at radius 2 is 0.786 bits per heavy atom. The molecule has 0 aliphatic rings. The fourth-order valence-corrected chi connectivity index (χ4v) is 3.29. The van der Waals surface area contributed by atoms with E-state index in [0.717, 1.165) is 29.1 Å². The van der Waals surface area contributed by atoms with Crippen LogP contribution in [0.4, 0.5) is 0 Å². The summed E-state index contributed by atoms with van der Waals surface area (Å²) in [6.07, 6.45) is 0. The third kappa shape index (κ3) is 7.60. The Bertz CT molecular complexity index is 1040. The van der Waals surface area contributed by atoms with E-state index in [0.29, 0.717) is 0 Å². The van der Waals surface area contributed by atoms with E-state index in [4.69, 9.17) is 0 Å². The van der Waals surface area contributed by atoms with Gasteiger partial charge in [-0.2, -0.15) is 0 Å². The van der Waals surface area contributed by atoms with E-state index in [9.17, 15) is 0 Å². The molecule has 0 amide bonds. The summed E-state index contributed by atoms with van der Waals surface area (Å²) in [5.74, 6) is 22.5. The van der Waals surface area contributed by atoms with Gasteiger partial charge in [0.1, 0.15) is 0 Å². The van der Waals surface area contributed by atoms with Gasteiger partial charge in [-0.1, -0.05) is 72.5 Å². The lowest BCUT2D eigenvalue weighted by Gasteiger charge is -1.99. The zero-order valence-electron chi connectivity index (χ0n) is 14.3. The molecule has 0 nitrogen and oxygen atoms in total. The number of benzene rings is 2. The van der Waals surface area contributed by atoms with Crippen molar-refractivity contribution in [1.29, 1.82) is 0 Å². The van der Waals surface area contributed by atoms with Crippen LogP contribution >= 0.6 is 63.7 Å². The summed E-state index contributed by atoms with van der Waals surface area (Å²) in [6.45, 7) is 0. The summed E-state index contributed by atoms with van der Waals surface area (Å²) in [6, 6.07) is 19.7. The van der Waals surface area contributed by atoms with Crippen molar-refractivity contribution in [3.8, 4) is 47.4 Å². The molecule has 0 saturated carbocycles. The van der Waals surface area contributed by atoms with Crippen LogP contribution in [0.5, 0.6) is 0 Å². The molecule has 2 aromatic rings. The summed E-state index contributed by atoms with van der Waals surface area (Å²) in [7, 11) is 0. The van der Waals surface area contributed by atoms with E-state index in [1.54, 1.807) is 0 Å². The first-order valence-corrected chi connectivity index (χ1v) is 11.0. The van der Waals surface area contributed by atoms with Gasteiger partial charge >= 0.3 is 0 Å². The topological polar surface area (TPSA) is 0 Å². The number of halogens is 4. The van der Waals surface area contributed by atoms with Crippen molar-refractivity contribution in [2.75, 3.05) is 0 Å². The first kappa shape index (κ1) is 22.4. The molecule has 0 N–H and O–H groups in total. The molecule has 2 rings (SSSR count). The maximum Gasteiger partial charge on any atom is 0.0766 e. The molecule has 0 fully saturated rings. The normalized spacial score (nSPS) is 8.29. The van der Waals surface area contributed by atoms with Gasteiger partial charge < -0.3 is 0 Å². The molecule has 0 aromatic heterocycles. The minimum absolute atomic E-state index is 0.776. The number of hydrogen-bond donors (Lipinski definition) is 0. The van der Waals surface area contributed by atoms with Crippen molar-refractivity contribution in [2.24, 2.45) is 0 Å². The van der Waals surface area contributed by atoms with Crippen molar-refractivity contribution in [3.63, 3.8) is 0 Å². The Morgan fingerprint density at radius 3 is 1.11 bits per heavy atom. The largest absolute Gasteiger partial charge is 0.0766 e. The van der Waals surface area contributed by atoms with Crippen LogP contribution in [0.2, 0.25) is 0 Å². The molecule has 0 aliphatic heterocycles. The second-order valence-electron chi connectivity index (χ2n) is 5.00. The molecular weight excluding hydrogens is 608 g/mol. The molecule has 0 atom stereocenters. The fourth-order valence-electron chi connectivity index (χ4n) is 1.98. The average molecular weight is 618 g/mol. The highest BCUT2D eigenvalue weighted by atomic mass is 79.9. The van der Waals surface area contributed by atoms with Crippen molar-refractivity contribution in [1.82, 2.24) is 0 Å². The van der Waals surface area contributed by atoms with E-state index in [-0.39, 0.29) is 0 Å². The predicted octanol–water partition coefficient (Wildman–Crippen LogP) is 7.32. The monoisotopic (exact) mass is 614 g/mol. The van der Waals surface area contributed by atoms with Crippen molar-refractivity contribution in [3.05, 3.63) is 78.6 Å². The smallest absolute Gasteiger partial charge is 0.0622 e. The average Bonchev–Trinajstić information content (AvgIpc) is 2.70. The highest BCUT2D eigenvalue weighted by Crippen LogP contribution is 2.27. The fraction of sp³-hybridized carbons (Fsp3) is 0. The van der Waals surface area contributed by atoms with Gasteiger partial charge in [0, 0.05) is 0 Å². The van der Waals surface area contributed by atoms with E-state index in [1.165, 1.54) is 0 Å². The van der Waals surface area contributed by atoms with Crippen molar-refractivity contribution in [2.45, 2.75) is 0 Å². The first-order chi connectivity index (χ1) is 13.6. The maximum absolute atomic E-state index is 3.41. The van der Waals surface area contributed by atoms with Gasteiger partial charge in [-0.3, -0.25) is 0 Å². The minimum Gasteiger partial charge on any atom is -0.0622 e. The lowest BCUT2D eigenvalue weighted by molar-refractivity contribution is 1.64. The van der Waals surface area contributed by atoms with Crippen LogP contribution in [0.15, 0.2) is 67.4 Å². The molecule has 4 heteroatoms. The zero-order chi connectivity index (χ0) is 20.2.